The largest absolute Gasteiger partial charge is 0.479 e. The Balaban J connectivity index is 2.19. The number of aliphatic carboxylic acids is 1. The molecule has 1 unspecified atom stereocenters. The number of carboxylic acid groups (broad SMARTS) is 1. The van der Waals surface area contributed by atoms with E-state index >= 15 is 0 Å². The summed E-state index contributed by atoms with van der Waals surface area (Å²) in [4.78, 5) is 23.8. The first kappa shape index (κ1) is 15.7. The van der Waals surface area contributed by atoms with Gasteiger partial charge in [0, 0.05) is 25.9 Å². The second-order valence-electron chi connectivity index (χ2n) is 4.75. The summed E-state index contributed by atoms with van der Waals surface area (Å²) in [7, 11) is 3.10. The van der Waals surface area contributed by atoms with Gasteiger partial charge in [0.05, 0.1) is 6.20 Å². The number of hydrogen-bond donors (Lipinski definition) is 2. The zero-order valence-electron chi connectivity index (χ0n) is 12.3. The van der Waals surface area contributed by atoms with Crippen LogP contribution in [0, 0.1) is 0 Å². The van der Waals surface area contributed by atoms with Crippen molar-refractivity contribution in [3.05, 3.63) is 53.9 Å². The molecule has 0 saturated carbocycles. The molecule has 1 heterocycles. The van der Waals surface area contributed by atoms with E-state index in [0.717, 1.165) is 0 Å². The predicted molar refractivity (Wildman–Crippen MR) is 77.9 cm³/mol. The van der Waals surface area contributed by atoms with Crippen LogP contribution < -0.4 is 5.32 Å². The Hall–Kier alpha value is -2.67. The van der Waals surface area contributed by atoms with Gasteiger partial charge in [-0.05, 0) is 5.56 Å². The summed E-state index contributed by atoms with van der Waals surface area (Å²) >= 11 is 0. The Morgan fingerprint density at radius 3 is 2.45 bits per heavy atom. The number of nitrogens with one attached hydrogen (secondary N) is 1. The zero-order valence-corrected chi connectivity index (χ0v) is 12.3. The molecule has 0 aliphatic rings. The third kappa shape index (κ3) is 3.50. The van der Waals surface area contributed by atoms with Gasteiger partial charge in [0.25, 0.3) is 5.91 Å². The standard InChI is InChI=1S/C15H17N3O4/c1-18-9-11(8-16-18)13(22-2)14(19)17-12(15(20)21)10-6-4-3-5-7-10/h3-9,12-13H,1-2H3,(H,17,19)(H,20,21)/t12-,13?/m0/s1. The lowest BCUT2D eigenvalue weighted by Gasteiger charge is -2.19. The molecule has 0 fully saturated rings. The van der Waals surface area contributed by atoms with Gasteiger partial charge >= 0.3 is 5.97 Å². The summed E-state index contributed by atoms with van der Waals surface area (Å²) < 4.78 is 6.71. The third-order valence-electron chi connectivity index (χ3n) is 3.17. The number of methoxy groups -OCH3 is 1. The maximum atomic E-state index is 12.3. The van der Waals surface area contributed by atoms with Gasteiger partial charge in [-0.2, -0.15) is 5.10 Å². The quantitative estimate of drug-likeness (QED) is 0.832. The number of amides is 1. The van der Waals surface area contributed by atoms with Crippen molar-refractivity contribution in [1.29, 1.82) is 0 Å². The molecule has 22 heavy (non-hydrogen) atoms. The van der Waals surface area contributed by atoms with Crippen LogP contribution in [0.5, 0.6) is 0 Å². The van der Waals surface area contributed by atoms with Crippen LogP contribution >= 0.6 is 0 Å². The van der Waals surface area contributed by atoms with Crippen LogP contribution in [0.15, 0.2) is 42.7 Å². The highest BCUT2D eigenvalue weighted by Gasteiger charge is 2.28. The van der Waals surface area contributed by atoms with Crippen molar-refractivity contribution in [2.24, 2.45) is 7.05 Å². The second-order valence-corrected chi connectivity index (χ2v) is 4.75. The molecule has 2 N–H and O–H groups in total. The Morgan fingerprint density at radius 2 is 1.95 bits per heavy atom. The molecular weight excluding hydrogens is 286 g/mol. The zero-order chi connectivity index (χ0) is 16.1. The molecule has 7 nitrogen and oxygen atoms in total. The number of carboxylic acids is 1. The lowest BCUT2D eigenvalue weighted by molar-refractivity contribution is -0.144. The molecule has 1 amide bonds. The highest BCUT2D eigenvalue weighted by atomic mass is 16.5. The van der Waals surface area contributed by atoms with Crippen molar-refractivity contribution in [2.75, 3.05) is 7.11 Å². The number of carbonyl (C=O) groups is 2. The minimum absolute atomic E-state index is 0.490. The molecule has 2 rings (SSSR count). The van der Waals surface area contributed by atoms with Gasteiger partial charge in [-0.1, -0.05) is 30.3 Å². The highest BCUT2D eigenvalue weighted by molar-refractivity contribution is 5.87. The minimum Gasteiger partial charge on any atom is -0.479 e. The van der Waals surface area contributed by atoms with Crippen LogP contribution in [0.1, 0.15) is 23.3 Å². The summed E-state index contributed by atoms with van der Waals surface area (Å²) in [5.41, 5.74) is 1.05. The lowest BCUT2D eigenvalue weighted by Crippen LogP contribution is -2.37. The van der Waals surface area contributed by atoms with E-state index in [1.165, 1.54) is 13.3 Å². The van der Waals surface area contributed by atoms with Crippen LogP contribution in [-0.4, -0.2) is 33.9 Å². The number of rotatable bonds is 6. The smallest absolute Gasteiger partial charge is 0.330 e. The Kier molecular flexibility index (Phi) is 4.90. The lowest BCUT2D eigenvalue weighted by atomic mass is 10.1. The highest BCUT2D eigenvalue weighted by Crippen LogP contribution is 2.19. The van der Waals surface area contributed by atoms with E-state index in [0.29, 0.717) is 11.1 Å². The molecule has 0 spiro atoms. The monoisotopic (exact) mass is 303 g/mol. The summed E-state index contributed by atoms with van der Waals surface area (Å²) in [6.45, 7) is 0. The van der Waals surface area contributed by atoms with Crippen LogP contribution in [0.2, 0.25) is 0 Å². The van der Waals surface area contributed by atoms with Crippen molar-refractivity contribution in [3.63, 3.8) is 0 Å². The van der Waals surface area contributed by atoms with E-state index in [-0.39, 0.29) is 0 Å². The van der Waals surface area contributed by atoms with Gasteiger partial charge in [0.15, 0.2) is 12.1 Å². The minimum atomic E-state index is -1.14. The number of aryl methyl sites for hydroxylation is 1. The van der Waals surface area contributed by atoms with Crippen molar-refractivity contribution < 1.29 is 19.4 Å². The number of carbonyl (C=O) groups excluding carboxylic acids is 1. The molecule has 0 radical (unpaired) electrons. The maximum Gasteiger partial charge on any atom is 0.330 e. The van der Waals surface area contributed by atoms with E-state index in [4.69, 9.17) is 4.74 Å². The molecule has 116 valence electrons. The number of hydrogen-bond acceptors (Lipinski definition) is 4. The van der Waals surface area contributed by atoms with Crippen molar-refractivity contribution in [2.45, 2.75) is 12.1 Å². The second kappa shape index (κ2) is 6.86. The van der Waals surface area contributed by atoms with E-state index in [9.17, 15) is 14.7 Å². The summed E-state index contributed by atoms with van der Waals surface area (Å²) in [5, 5.41) is 15.8. The van der Waals surface area contributed by atoms with Crippen LogP contribution in [0.25, 0.3) is 0 Å². The molecule has 1 aromatic heterocycles. The normalized spacial score (nSPS) is 13.4. The molecule has 7 heteroatoms. The molecule has 0 aliphatic carbocycles. The first-order chi connectivity index (χ1) is 10.5. The number of ether oxygens (including phenoxy) is 1. The first-order valence-corrected chi connectivity index (χ1v) is 6.62. The fourth-order valence-electron chi connectivity index (χ4n) is 2.12. The summed E-state index contributed by atoms with van der Waals surface area (Å²) in [6.07, 6.45) is 2.23. The van der Waals surface area contributed by atoms with E-state index < -0.39 is 24.0 Å². The van der Waals surface area contributed by atoms with Crippen LogP contribution in [0.3, 0.4) is 0 Å². The van der Waals surface area contributed by atoms with E-state index in [1.807, 2.05) is 0 Å². The first-order valence-electron chi connectivity index (χ1n) is 6.62. The van der Waals surface area contributed by atoms with Gasteiger partial charge in [-0.15, -0.1) is 0 Å². The van der Waals surface area contributed by atoms with Crippen LogP contribution in [-0.2, 0) is 21.4 Å². The molecule has 0 bridgehead atoms. The van der Waals surface area contributed by atoms with Crippen molar-refractivity contribution >= 4 is 11.9 Å². The average molecular weight is 303 g/mol. The van der Waals surface area contributed by atoms with Gasteiger partial charge in [-0.25, -0.2) is 4.79 Å². The van der Waals surface area contributed by atoms with E-state index in [1.54, 1.807) is 48.3 Å². The molecule has 2 atom stereocenters. The topological polar surface area (TPSA) is 93.4 Å². The average Bonchev–Trinajstić information content (AvgIpc) is 2.92. The molecule has 0 saturated heterocycles. The predicted octanol–water partition coefficient (Wildman–Crippen LogP) is 1.05. The van der Waals surface area contributed by atoms with Gasteiger partial charge < -0.3 is 15.2 Å². The number of nitrogens with zero attached hydrogens (tertiary/aromatic N) is 2. The van der Waals surface area contributed by atoms with Crippen LogP contribution in [0.4, 0.5) is 0 Å². The summed E-state index contributed by atoms with van der Waals surface area (Å²) in [6, 6.07) is 7.36. The molecule has 0 aliphatic heterocycles. The van der Waals surface area contributed by atoms with Crippen molar-refractivity contribution in [1.82, 2.24) is 15.1 Å². The Morgan fingerprint density at radius 1 is 1.27 bits per heavy atom. The number of benzene rings is 1. The van der Waals surface area contributed by atoms with E-state index in [2.05, 4.69) is 10.4 Å². The number of aromatic nitrogens is 2. The molecular formula is C15H17N3O4. The van der Waals surface area contributed by atoms with Gasteiger partial charge in [0.1, 0.15) is 0 Å². The van der Waals surface area contributed by atoms with Gasteiger partial charge in [0.2, 0.25) is 0 Å². The van der Waals surface area contributed by atoms with Gasteiger partial charge in [-0.3, -0.25) is 9.48 Å². The SMILES string of the molecule is COC(C(=O)N[C@H](C(=O)O)c1ccccc1)c1cnn(C)c1. The Bertz CT molecular complexity index is 654. The Labute approximate surface area is 127 Å². The van der Waals surface area contributed by atoms with Crippen molar-refractivity contribution in [3.8, 4) is 0 Å². The maximum absolute atomic E-state index is 12.3. The summed E-state index contributed by atoms with van der Waals surface area (Å²) in [5.74, 6) is -1.67. The fourth-order valence-corrected chi connectivity index (χ4v) is 2.12. The third-order valence-corrected chi connectivity index (χ3v) is 3.17. The molecule has 2 aromatic rings. The fraction of sp³-hybridized carbons (Fsp3) is 0.267. The molecule has 1 aromatic carbocycles.